The number of benzene rings is 2. The van der Waals surface area contributed by atoms with Gasteiger partial charge >= 0.3 is 0 Å². The molecule has 96 valence electrons. The highest BCUT2D eigenvalue weighted by molar-refractivity contribution is 7.71. The largest absolute Gasteiger partial charge is 0.330 e. The van der Waals surface area contributed by atoms with Crippen LogP contribution >= 0.6 is 12.2 Å². The summed E-state index contributed by atoms with van der Waals surface area (Å²) in [4.78, 5) is 3.13. The van der Waals surface area contributed by atoms with E-state index in [2.05, 4.69) is 4.98 Å². The number of aryl methyl sites for hydroxylation is 2. The van der Waals surface area contributed by atoms with Crippen LogP contribution in [0.3, 0.4) is 0 Å². The molecule has 0 spiro atoms. The molecule has 2 aromatic carbocycles. The van der Waals surface area contributed by atoms with E-state index >= 15 is 0 Å². The summed E-state index contributed by atoms with van der Waals surface area (Å²) in [6, 6.07) is 11.0. The minimum Gasteiger partial charge on any atom is -0.330 e. The third-order valence-corrected chi connectivity index (χ3v) is 3.53. The van der Waals surface area contributed by atoms with Crippen molar-refractivity contribution in [2.45, 2.75) is 13.8 Å². The van der Waals surface area contributed by atoms with Crippen molar-refractivity contribution in [3.05, 3.63) is 58.1 Å². The zero-order valence-electron chi connectivity index (χ0n) is 10.7. The fraction of sp³-hybridized carbons (Fsp3) is 0.133. The zero-order valence-corrected chi connectivity index (χ0v) is 11.5. The first-order valence-electron chi connectivity index (χ1n) is 6.05. The number of hydrogen-bond acceptors (Lipinski definition) is 1. The lowest BCUT2D eigenvalue weighted by Crippen LogP contribution is -2.00. The molecule has 1 heterocycles. The Bertz CT molecular complexity index is 810. The minimum atomic E-state index is -0.266. The van der Waals surface area contributed by atoms with Crippen molar-refractivity contribution < 1.29 is 4.39 Å². The van der Waals surface area contributed by atoms with Gasteiger partial charge < -0.3 is 4.98 Å². The van der Waals surface area contributed by atoms with Crippen LogP contribution in [0.25, 0.3) is 16.7 Å². The van der Waals surface area contributed by atoms with Crippen LogP contribution in [0, 0.1) is 24.4 Å². The maximum atomic E-state index is 14.1. The van der Waals surface area contributed by atoms with Crippen LogP contribution in [0.2, 0.25) is 0 Å². The molecular formula is C15H13FN2S. The second kappa shape index (κ2) is 4.31. The molecule has 3 rings (SSSR count). The molecule has 0 aliphatic heterocycles. The molecule has 0 unspecified atom stereocenters. The molecular weight excluding hydrogens is 259 g/mol. The first kappa shape index (κ1) is 12.1. The molecule has 0 bridgehead atoms. The van der Waals surface area contributed by atoms with Crippen molar-refractivity contribution in [1.82, 2.24) is 9.55 Å². The lowest BCUT2D eigenvalue weighted by molar-refractivity contribution is 0.617. The molecule has 0 atom stereocenters. The topological polar surface area (TPSA) is 20.7 Å². The third kappa shape index (κ3) is 1.88. The number of aromatic nitrogens is 2. The molecule has 0 amide bonds. The highest BCUT2D eigenvalue weighted by Crippen LogP contribution is 2.24. The van der Waals surface area contributed by atoms with Crippen molar-refractivity contribution in [3.8, 4) is 5.69 Å². The maximum Gasteiger partial charge on any atom is 0.182 e. The molecule has 2 nitrogen and oxygen atoms in total. The summed E-state index contributed by atoms with van der Waals surface area (Å²) in [5.74, 6) is -0.266. The lowest BCUT2D eigenvalue weighted by Gasteiger charge is -2.09. The van der Waals surface area contributed by atoms with Crippen LogP contribution in [-0.2, 0) is 0 Å². The van der Waals surface area contributed by atoms with Gasteiger partial charge in [-0.05, 0) is 55.4 Å². The van der Waals surface area contributed by atoms with Crippen LogP contribution in [0.1, 0.15) is 11.1 Å². The number of nitrogens with zero attached hydrogens (tertiary/aromatic N) is 1. The highest BCUT2D eigenvalue weighted by atomic mass is 32.1. The van der Waals surface area contributed by atoms with Crippen LogP contribution in [-0.4, -0.2) is 9.55 Å². The smallest absolute Gasteiger partial charge is 0.182 e. The van der Waals surface area contributed by atoms with Crippen molar-refractivity contribution >= 4 is 23.3 Å². The monoisotopic (exact) mass is 272 g/mol. The number of hydrogen-bond donors (Lipinski definition) is 1. The lowest BCUT2D eigenvalue weighted by atomic mass is 10.1. The fourth-order valence-corrected chi connectivity index (χ4v) is 2.65. The summed E-state index contributed by atoms with van der Waals surface area (Å²) in [5, 5.41) is 0. The Morgan fingerprint density at radius 1 is 1.16 bits per heavy atom. The number of imidazole rings is 1. The van der Waals surface area contributed by atoms with Crippen LogP contribution < -0.4 is 0 Å². The molecule has 4 heteroatoms. The Labute approximate surface area is 115 Å². The molecule has 0 aliphatic rings. The van der Waals surface area contributed by atoms with E-state index in [9.17, 15) is 4.39 Å². The molecule has 1 aromatic heterocycles. The zero-order chi connectivity index (χ0) is 13.6. The van der Waals surface area contributed by atoms with Gasteiger partial charge in [-0.2, -0.15) is 0 Å². The van der Waals surface area contributed by atoms with E-state index in [0.717, 1.165) is 22.2 Å². The second-order valence-electron chi connectivity index (χ2n) is 4.69. The first-order valence-corrected chi connectivity index (χ1v) is 6.45. The Balaban J connectivity index is 2.43. The van der Waals surface area contributed by atoms with E-state index in [0.29, 0.717) is 10.5 Å². The summed E-state index contributed by atoms with van der Waals surface area (Å²) in [5.41, 5.74) is 4.33. The summed E-state index contributed by atoms with van der Waals surface area (Å²) < 4.78 is 16.4. The number of aromatic amines is 1. The minimum absolute atomic E-state index is 0.266. The van der Waals surface area contributed by atoms with E-state index in [1.54, 1.807) is 10.6 Å². The van der Waals surface area contributed by atoms with Crippen molar-refractivity contribution in [1.29, 1.82) is 0 Å². The average Bonchev–Trinajstić information content (AvgIpc) is 2.65. The average molecular weight is 272 g/mol. The Morgan fingerprint density at radius 3 is 2.68 bits per heavy atom. The number of rotatable bonds is 1. The van der Waals surface area contributed by atoms with E-state index in [-0.39, 0.29) is 5.82 Å². The van der Waals surface area contributed by atoms with Gasteiger partial charge in [-0.1, -0.05) is 18.2 Å². The first-order chi connectivity index (χ1) is 9.08. The third-order valence-electron chi connectivity index (χ3n) is 3.25. The molecule has 3 aromatic rings. The van der Waals surface area contributed by atoms with Crippen molar-refractivity contribution in [2.75, 3.05) is 0 Å². The standard InChI is InChI=1S/C15H13FN2S/c1-9-6-7-13-12(8-9)17-15(19)18(13)14-10(2)4-3-5-11(14)16/h3-8H,1-2H3,(H,17,19). The Hall–Kier alpha value is -1.94. The summed E-state index contributed by atoms with van der Waals surface area (Å²) >= 11 is 5.34. The molecule has 0 fully saturated rings. The number of fused-ring (bicyclic) bond motifs is 1. The van der Waals surface area contributed by atoms with Gasteiger partial charge in [-0.3, -0.25) is 4.57 Å². The Kier molecular flexibility index (Phi) is 2.75. The molecule has 1 N–H and O–H groups in total. The highest BCUT2D eigenvalue weighted by Gasteiger charge is 2.12. The summed E-state index contributed by atoms with van der Waals surface area (Å²) in [7, 11) is 0. The van der Waals surface area contributed by atoms with E-state index in [1.807, 2.05) is 38.1 Å². The number of H-pyrrole nitrogens is 1. The molecule has 0 saturated carbocycles. The second-order valence-corrected chi connectivity index (χ2v) is 5.08. The van der Waals surface area contributed by atoms with E-state index < -0.39 is 0 Å². The molecule has 0 aliphatic carbocycles. The van der Waals surface area contributed by atoms with Gasteiger partial charge in [0.15, 0.2) is 4.77 Å². The van der Waals surface area contributed by atoms with Crippen LogP contribution in [0.4, 0.5) is 4.39 Å². The normalized spacial score (nSPS) is 11.1. The van der Waals surface area contributed by atoms with Gasteiger partial charge in [0.2, 0.25) is 0 Å². The van der Waals surface area contributed by atoms with E-state index in [4.69, 9.17) is 12.2 Å². The molecule has 0 saturated heterocycles. The van der Waals surface area contributed by atoms with Gasteiger partial charge in [0.1, 0.15) is 5.82 Å². The van der Waals surface area contributed by atoms with Gasteiger partial charge in [-0.25, -0.2) is 4.39 Å². The number of nitrogens with one attached hydrogen (secondary N) is 1. The van der Waals surface area contributed by atoms with Gasteiger partial charge in [0.25, 0.3) is 0 Å². The molecule has 0 radical (unpaired) electrons. The van der Waals surface area contributed by atoms with Gasteiger partial charge in [-0.15, -0.1) is 0 Å². The van der Waals surface area contributed by atoms with E-state index in [1.165, 1.54) is 6.07 Å². The van der Waals surface area contributed by atoms with Gasteiger partial charge in [0, 0.05) is 0 Å². The van der Waals surface area contributed by atoms with Crippen molar-refractivity contribution in [3.63, 3.8) is 0 Å². The Morgan fingerprint density at radius 2 is 1.95 bits per heavy atom. The van der Waals surface area contributed by atoms with Crippen LogP contribution in [0.5, 0.6) is 0 Å². The predicted molar refractivity (Wildman–Crippen MR) is 77.9 cm³/mol. The molecule has 19 heavy (non-hydrogen) atoms. The quantitative estimate of drug-likeness (QED) is 0.649. The summed E-state index contributed by atoms with van der Waals surface area (Å²) in [6.07, 6.45) is 0. The SMILES string of the molecule is Cc1ccc2c(c1)[nH]c(=S)n2-c1c(C)cccc1F. The summed E-state index contributed by atoms with van der Waals surface area (Å²) in [6.45, 7) is 3.90. The van der Waals surface area contributed by atoms with Crippen LogP contribution in [0.15, 0.2) is 36.4 Å². The number of para-hydroxylation sites is 1. The fourth-order valence-electron chi connectivity index (χ4n) is 2.35. The van der Waals surface area contributed by atoms with Gasteiger partial charge in [0.05, 0.1) is 16.7 Å². The maximum absolute atomic E-state index is 14.1. The van der Waals surface area contributed by atoms with Crippen molar-refractivity contribution in [2.24, 2.45) is 0 Å². The number of halogens is 1. The predicted octanol–water partition coefficient (Wildman–Crippen LogP) is 4.44.